The molecule has 148 valence electrons. The third-order valence-electron chi connectivity index (χ3n) is 4.41. The summed E-state index contributed by atoms with van der Waals surface area (Å²) < 4.78 is 15.5. The van der Waals surface area contributed by atoms with Crippen LogP contribution in [0.5, 0.6) is 11.5 Å². The zero-order chi connectivity index (χ0) is 20.1. The van der Waals surface area contributed by atoms with Crippen molar-refractivity contribution in [3.05, 3.63) is 48.0 Å². The Morgan fingerprint density at radius 2 is 1.93 bits per heavy atom. The highest BCUT2D eigenvalue weighted by Gasteiger charge is 2.26. The Labute approximate surface area is 163 Å². The molecule has 0 aromatic heterocycles. The van der Waals surface area contributed by atoms with Crippen molar-refractivity contribution in [2.75, 3.05) is 44.6 Å². The quantitative estimate of drug-likeness (QED) is 0.825. The molecule has 1 fully saturated rings. The van der Waals surface area contributed by atoms with Gasteiger partial charge >= 0.3 is 12.1 Å². The number of methoxy groups -OCH3 is 2. The number of urea groups is 1. The summed E-state index contributed by atoms with van der Waals surface area (Å²) in [5.41, 5.74) is 2.05. The Kier molecular flexibility index (Phi) is 5.88. The lowest BCUT2D eigenvalue weighted by Crippen LogP contribution is -2.32. The van der Waals surface area contributed by atoms with E-state index in [1.54, 1.807) is 50.4 Å². The van der Waals surface area contributed by atoms with Crippen molar-refractivity contribution in [3.8, 4) is 11.5 Å². The molecule has 0 unspecified atom stereocenters. The molecule has 0 atom stereocenters. The second-order valence-electron chi connectivity index (χ2n) is 6.26. The SMILES string of the molecule is COc1ccc(CN(C)C(=O)Nc2ccccc2N2CCOC2=O)cc1OC. The molecular weight excluding hydrogens is 362 g/mol. The number of nitrogens with one attached hydrogen (secondary N) is 1. The van der Waals surface area contributed by atoms with Crippen LogP contribution in [-0.2, 0) is 11.3 Å². The van der Waals surface area contributed by atoms with Crippen molar-refractivity contribution in [2.24, 2.45) is 0 Å². The van der Waals surface area contributed by atoms with Crippen LogP contribution >= 0.6 is 0 Å². The number of amides is 3. The summed E-state index contributed by atoms with van der Waals surface area (Å²) in [5, 5.41) is 2.86. The van der Waals surface area contributed by atoms with E-state index >= 15 is 0 Å². The predicted molar refractivity (Wildman–Crippen MR) is 105 cm³/mol. The number of ether oxygens (including phenoxy) is 3. The molecular formula is C20H23N3O5. The van der Waals surface area contributed by atoms with Crippen molar-refractivity contribution >= 4 is 23.5 Å². The number of carbonyl (C=O) groups is 2. The van der Waals surface area contributed by atoms with Gasteiger partial charge in [-0.3, -0.25) is 4.90 Å². The summed E-state index contributed by atoms with van der Waals surface area (Å²) in [7, 11) is 4.84. The van der Waals surface area contributed by atoms with Gasteiger partial charge in [-0.2, -0.15) is 0 Å². The Hall–Kier alpha value is -3.42. The first kappa shape index (κ1) is 19.3. The molecule has 3 rings (SSSR count). The lowest BCUT2D eigenvalue weighted by Gasteiger charge is -2.22. The zero-order valence-electron chi connectivity index (χ0n) is 16.1. The standard InChI is InChI=1S/C20H23N3O5/c1-22(13-14-8-9-17(26-2)18(12-14)27-3)19(24)21-15-6-4-5-7-16(15)23-10-11-28-20(23)25/h4-9,12H,10-11,13H2,1-3H3,(H,21,24). The molecule has 1 N–H and O–H groups in total. The molecule has 0 saturated carbocycles. The summed E-state index contributed by atoms with van der Waals surface area (Å²) >= 11 is 0. The first-order valence-electron chi connectivity index (χ1n) is 8.80. The number of hydrogen-bond acceptors (Lipinski definition) is 5. The Bertz CT molecular complexity index is 871. The van der Waals surface area contributed by atoms with Crippen LogP contribution in [0.15, 0.2) is 42.5 Å². The molecule has 3 amide bonds. The number of nitrogens with zero attached hydrogens (tertiary/aromatic N) is 2. The van der Waals surface area contributed by atoms with Crippen LogP contribution < -0.4 is 19.7 Å². The van der Waals surface area contributed by atoms with Gasteiger partial charge in [0.15, 0.2) is 11.5 Å². The van der Waals surface area contributed by atoms with Gasteiger partial charge in [-0.25, -0.2) is 9.59 Å². The highest BCUT2D eigenvalue weighted by Crippen LogP contribution is 2.29. The van der Waals surface area contributed by atoms with Gasteiger partial charge in [-0.05, 0) is 29.8 Å². The summed E-state index contributed by atoms with van der Waals surface area (Å²) in [5.74, 6) is 1.23. The number of hydrogen-bond donors (Lipinski definition) is 1. The van der Waals surface area contributed by atoms with Crippen LogP contribution in [0.1, 0.15) is 5.56 Å². The van der Waals surface area contributed by atoms with Crippen molar-refractivity contribution < 1.29 is 23.8 Å². The molecule has 1 saturated heterocycles. The summed E-state index contributed by atoms with van der Waals surface area (Å²) in [6, 6.07) is 12.3. The van der Waals surface area contributed by atoms with E-state index in [0.29, 0.717) is 42.6 Å². The topological polar surface area (TPSA) is 80.3 Å². The number of rotatable bonds is 6. The minimum absolute atomic E-state index is 0.296. The molecule has 0 bridgehead atoms. The van der Waals surface area contributed by atoms with Gasteiger partial charge in [0, 0.05) is 13.6 Å². The normalized spacial score (nSPS) is 13.1. The third-order valence-corrected chi connectivity index (χ3v) is 4.41. The summed E-state index contributed by atoms with van der Waals surface area (Å²) in [6.07, 6.45) is -0.416. The fraction of sp³-hybridized carbons (Fsp3) is 0.300. The molecule has 2 aromatic carbocycles. The number of cyclic esters (lactones) is 1. The van der Waals surface area contributed by atoms with Crippen molar-refractivity contribution in [1.29, 1.82) is 0 Å². The molecule has 1 heterocycles. The lowest BCUT2D eigenvalue weighted by atomic mass is 10.2. The number of para-hydroxylation sites is 2. The van der Waals surface area contributed by atoms with Gasteiger partial charge in [-0.15, -0.1) is 0 Å². The van der Waals surface area contributed by atoms with Gasteiger partial charge in [0.2, 0.25) is 0 Å². The molecule has 0 aliphatic carbocycles. The molecule has 1 aliphatic rings. The second kappa shape index (κ2) is 8.51. The molecule has 28 heavy (non-hydrogen) atoms. The minimum atomic E-state index is -0.416. The second-order valence-corrected chi connectivity index (χ2v) is 6.26. The maximum Gasteiger partial charge on any atom is 0.414 e. The van der Waals surface area contributed by atoms with Crippen LogP contribution in [-0.4, -0.2) is 51.4 Å². The molecule has 0 radical (unpaired) electrons. The third kappa shape index (κ3) is 4.11. The van der Waals surface area contributed by atoms with E-state index in [2.05, 4.69) is 5.32 Å². The van der Waals surface area contributed by atoms with Gasteiger partial charge in [-0.1, -0.05) is 18.2 Å². The van der Waals surface area contributed by atoms with Gasteiger partial charge in [0.05, 0.1) is 32.1 Å². The van der Waals surface area contributed by atoms with Gasteiger partial charge < -0.3 is 24.4 Å². The van der Waals surface area contributed by atoms with Crippen LogP contribution in [0, 0.1) is 0 Å². The van der Waals surface area contributed by atoms with E-state index in [-0.39, 0.29) is 6.03 Å². The van der Waals surface area contributed by atoms with Crippen molar-refractivity contribution in [3.63, 3.8) is 0 Å². The van der Waals surface area contributed by atoms with Crippen LogP contribution in [0.2, 0.25) is 0 Å². The largest absolute Gasteiger partial charge is 0.493 e. The fourth-order valence-corrected chi connectivity index (χ4v) is 2.96. The molecule has 2 aromatic rings. The summed E-state index contributed by atoms with van der Waals surface area (Å²) in [6.45, 7) is 1.16. The highest BCUT2D eigenvalue weighted by atomic mass is 16.6. The maximum atomic E-state index is 12.7. The van der Waals surface area contributed by atoms with Crippen molar-refractivity contribution in [2.45, 2.75) is 6.54 Å². The van der Waals surface area contributed by atoms with Crippen LogP contribution in [0.4, 0.5) is 21.0 Å². The van der Waals surface area contributed by atoms with E-state index in [1.807, 2.05) is 18.2 Å². The number of carbonyl (C=O) groups excluding carboxylic acids is 2. The molecule has 8 heteroatoms. The van der Waals surface area contributed by atoms with E-state index in [4.69, 9.17) is 14.2 Å². The van der Waals surface area contributed by atoms with E-state index < -0.39 is 6.09 Å². The fourth-order valence-electron chi connectivity index (χ4n) is 2.96. The number of benzene rings is 2. The smallest absolute Gasteiger partial charge is 0.414 e. The Morgan fingerprint density at radius 3 is 2.61 bits per heavy atom. The average Bonchev–Trinajstić information content (AvgIpc) is 3.13. The monoisotopic (exact) mass is 385 g/mol. The highest BCUT2D eigenvalue weighted by molar-refractivity contribution is 5.98. The lowest BCUT2D eigenvalue weighted by molar-refractivity contribution is 0.181. The Balaban J connectivity index is 1.71. The Morgan fingerprint density at radius 1 is 1.18 bits per heavy atom. The summed E-state index contributed by atoms with van der Waals surface area (Å²) in [4.78, 5) is 27.6. The van der Waals surface area contributed by atoms with E-state index in [0.717, 1.165) is 5.56 Å². The maximum absolute atomic E-state index is 12.7. The van der Waals surface area contributed by atoms with E-state index in [1.165, 1.54) is 4.90 Å². The van der Waals surface area contributed by atoms with E-state index in [9.17, 15) is 9.59 Å². The predicted octanol–water partition coefficient (Wildman–Crippen LogP) is 3.32. The molecule has 1 aliphatic heterocycles. The zero-order valence-corrected chi connectivity index (χ0v) is 16.1. The average molecular weight is 385 g/mol. The molecule has 8 nitrogen and oxygen atoms in total. The van der Waals surface area contributed by atoms with Crippen LogP contribution in [0.25, 0.3) is 0 Å². The van der Waals surface area contributed by atoms with Gasteiger partial charge in [0.25, 0.3) is 0 Å². The number of anilines is 2. The first-order chi connectivity index (χ1) is 13.5. The minimum Gasteiger partial charge on any atom is -0.493 e. The molecule has 0 spiro atoms. The van der Waals surface area contributed by atoms with Crippen LogP contribution in [0.3, 0.4) is 0 Å². The van der Waals surface area contributed by atoms with Crippen molar-refractivity contribution in [1.82, 2.24) is 4.90 Å². The van der Waals surface area contributed by atoms with Gasteiger partial charge in [0.1, 0.15) is 6.61 Å². The first-order valence-corrected chi connectivity index (χ1v) is 8.80.